The molecule has 0 saturated heterocycles. The van der Waals surface area contributed by atoms with Crippen molar-refractivity contribution >= 4 is 67.8 Å². The van der Waals surface area contributed by atoms with E-state index in [0.29, 0.717) is 60.1 Å². The SMILES string of the molecule is CN(C)CCNC(=O)c1ccc(-c2nc3ccc(-c4ccc5nc(-c6ccc(C(=O)NCC(C)(C)CNC(=O)c7ccc(-c8nc9ccc(-c%10ccc%11nc(-c%12ccc(C(=O)NCCN(C)C)cc%12)[nH]c%11c%10)cc9[nH]8)cc7)cc6)[nH]c5c4)cc3[nH]2)cc1. The van der Waals surface area contributed by atoms with Gasteiger partial charge < -0.3 is 51.0 Å². The van der Waals surface area contributed by atoms with Crippen LogP contribution in [0.3, 0.4) is 0 Å². The average Bonchev–Trinajstić information content (AvgIpc) is 3.38. The van der Waals surface area contributed by atoms with Gasteiger partial charge in [0.05, 0.1) is 44.1 Å². The minimum Gasteiger partial charge on any atom is -0.351 e. The van der Waals surface area contributed by atoms with Crippen molar-refractivity contribution in [2.75, 3.05) is 67.5 Å². The number of aromatic nitrogens is 8. The molecule has 0 saturated carbocycles. The predicted molar refractivity (Wildman–Crippen MR) is 344 cm³/mol. The van der Waals surface area contributed by atoms with Crippen molar-refractivity contribution < 1.29 is 19.2 Å². The number of benzene rings is 8. The van der Waals surface area contributed by atoms with E-state index in [0.717, 1.165) is 113 Å². The second-order valence-corrected chi connectivity index (χ2v) is 23.2. The topological polar surface area (TPSA) is 238 Å². The van der Waals surface area contributed by atoms with Crippen LogP contribution >= 0.6 is 0 Å². The fourth-order valence-corrected chi connectivity index (χ4v) is 10.3. The lowest BCUT2D eigenvalue weighted by Crippen LogP contribution is -2.42. The highest BCUT2D eigenvalue weighted by molar-refractivity contribution is 5.98. The molecule has 0 unspecified atom stereocenters. The van der Waals surface area contributed by atoms with Crippen molar-refractivity contribution in [2.24, 2.45) is 5.41 Å². The highest BCUT2D eigenvalue weighted by Crippen LogP contribution is 2.32. The first-order valence-electron chi connectivity index (χ1n) is 28.9. The van der Waals surface area contributed by atoms with Crippen LogP contribution in [0.4, 0.5) is 0 Å². The van der Waals surface area contributed by atoms with Crippen LogP contribution in [-0.2, 0) is 0 Å². The Kier molecular flexibility index (Phi) is 15.8. The van der Waals surface area contributed by atoms with Gasteiger partial charge >= 0.3 is 0 Å². The molecule has 0 aliphatic rings. The van der Waals surface area contributed by atoms with Gasteiger partial charge in [-0.25, -0.2) is 19.9 Å². The Hall–Kier alpha value is -10.6. The molecule has 12 aromatic rings. The van der Waals surface area contributed by atoms with E-state index in [1.807, 2.05) is 161 Å². The van der Waals surface area contributed by atoms with E-state index in [1.54, 1.807) is 24.3 Å². The van der Waals surface area contributed by atoms with Gasteiger partial charge in [0.25, 0.3) is 23.6 Å². The molecule has 0 radical (unpaired) electrons. The zero-order valence-corrected chi connectivity index (χ0v) is 49.2. The highest BCUT2D eigenvalue weighted by Gasteiger charge is 2.22. The van der Waals surface area contributed by atoms with Gasteiger partial charge in [0, 0.05) is 83.8 Å². The van der Waals surface area contributed by atoms with E-state index in [-0.39, 0.29) is 23.6 Å². The Balaban J connectivity index is 0.617. The lowest BCUT2D eigenvalue weighted by Gasteiger charge is -2.25. The smallest absolute Gasteiger partial charge is 0.251 e. The molecular weight excluding hydrogens is 1090 g/mol. The summed E-state index contributed by atoms with van der Waals surface area (Å²) in [6.45, 7) is 7.36. The summed E-state index contributed by atoms with van der Waals surface area (Å²) in [4.78, 5) is 89.3. The second kappa shape index (κ2) is 24.2. The Morgan fingerprint density at radius 3 is 0.816 bits per heavy atom. The van der Waals surface area contributed by atoms with Gasteiger partial charge in [-0.3, -0.25) is 19.2 Å². The Bertz CT molecular complexity index is 4230. The number of carbonyl (C=O) groups excluding carboxylic acids is 4. The second-order valence-electron chi connectivity index (χ2n) is 23.2. The fourth-order valence-electron chi connectivity index (χ4n) is 10.3. The maximum absolute atomic E-state index is 13.4. The highest BCUT2D eigenvalue weighted by atomic mass is 16.2. The number of likely N-dealkylation sites (N-methyl/N-ethyl adjacent to an activating group) is 2. The minimum absolute atomic E-state index is 0.104. The van der Waals surface area contributed by atoms with Gasteiger partial charge in [0.2, 0.25) is 0 Å². The molecule has 0 bridgehead atoms. The molecule has 4 amide bonds. The summed E-state index contributed by atoms with van der Waals surface area (Å²) in [5, 5.41) is 12.0. The van der Waals surface area contributed by atoms with Gasteiger partial charge in [-0.05, 0) is 153 Å². The molecule has 0 atom stereocenters. The number of fused-ring (bicyclic) bond motifs is 4. The van der Waals surface area contributed by atoms with Crippen LogP contribution in [0.5, 0.6) is 0 Å². The van der Waals surface area contributed by atoms with Crippen molar-refractivity contribution in [1.82, 2.24) is 70.9 Å². The fraction of sp³-hybridized carbons (Fsp3) is 0.188. The minimum atomic E-state index is -0.453. The number of hydrogen-bond acceptors (Lipinski definition) is 10. The molecule has 0 aliphatic heterocycles. The van der Waals surface area contributed by atoms with E-state index in [2.05, 4.69) is 77.6 Å². The number of H-pyrrole nitrogens is 4. The molecule has 0 spiro atoms. The quantitative estimate of drug-likeness (QED) is 0.0359. The summed E-state index contributed by atoms with van der Waals surface area (Å²) in [6, 6.07) is 54.1. The monoisotopic (exact) mass is 1150 g/mol. The molecule has 0 aliphatic carbocycles. The third-order valence-corrected chi connectivity index (χ3v) is 15.4. The van der Waals surface area contributed by atoms with Crippen molar-refractivity contribution in [3.05, 3.63) is 192 Å². The molecule has 4 aromatic heterocycles. The summed E-state index contributed by atoms with van der Waals surface area (Å²) in [7, 11) is 7.89. The first kappa shape index (κ1) is 56.9. The number of rotatable bonds is 20. The number of hydrogen-bond donors (Lipinski definition) is 8. The van der Waals surface area contributed by atoms with Crippen LogP contribution in [-0.4, -0.2) is 141 Å². The molecule has 87 heavy (non-hydrogen) atoms. The molecule has 18 nitrogen and oxygen atoms in total. The lowest BCUT2D eigenvalue weighted by atomic mass is 9.93. The van der Waals surface area contributed by atoms with Gasteiger partial charge in [0.15, 0.2) is 0 Å². The summed E-state index contributed by atoms with van der Waals surface area (Å²) < 4.78 is 0. The summed E-state index contributed by atoms with van der Waals surface area (Å²) in [6.07, 6.45) is 0. The Labute approximate surface area is 502 Å². The first-order valence-corrected chi connectivity index (χ1v) is 28.9. The largest absolute Gasteiger partial charge is 0.351 e. The number of nitrogens with one attached hydrogen (secondary N) is 8. The van der Waals surface area contributed by atoms with Gasteiger partial charge in [-0.15, -0.1) is 0 Å². The van der Waals surface area contributed by atoms with Gasteiger partial charge in [0.1, 0.15) is 23.3 Å². The van der Waals surface area contributed by atoms with Crippen LogP contribution in [0, 0.1) is 5.41 Å². The van der Waals surface area contributed by atoms with Gasteiger partial charge in [-0.2, -0.15) is 0 Å². The van der Waals surface area contributed by atoms with Crippen molar-refractivity contribution in [2.45, 2.75) is 13.8 Å². The summed E-state index contributed by atoms with van der Waals surface area (Å²) in [5.41, 5.74) is 16.1. The third kappa shape index (κ3) is 12.9. The zero-order chi connectivity index (χ0) is 60.3. The number of carbonyl (C=O) groups is 4. The first-order chi connectivity index (χ1) is 42.0. The predicted octanol–water partition coefficient (Wildman–Crippen LogP) is 11.0. The van der Waals surface area contributed by atoms with Crippen LogP contribution in [0.1, 0.15) is 55.3 Å². The van der Waals surface area contributed by atoms with Crippen LogP contribution in [0.25, 0.3) is 112 Å². The van der Waals surface area contributed by atoms with Crippen LogP contribution < -0.4 is 21.3 Å². The maximum Gasteiger partial charge on any atom is 0.251 e. The van der Waals surface area contributed by atoms with Crippen molar-refractivity contribution in [3.63, 3.8) is 0 Å². The van der Waals surface area contributed by atoms with E-state index in [1.165, 1.54) is 0 Å². The average molecular weight is 1160 g/mol. The van der Waals surface area contributed by atoms with Crippen LogP contribution in [0.15, 0.2) is 170 Å². The van der Waals surface area contributed by atoms with E-state index < -0.39 is 5.41 Å². The lowest BCUT2D eigenvalue weighted by molar-refractivity contribution is 0.0914. The number of amides is 4. The summed E-state index contributed by atoms with van der Waals surface area (Å²) >= 11 is 0. The van der Waals surface area contributed by atoms with E-state index in [9.17, 15) is 19.2 Å². The molecule has 8 aromatic carbocycles. The molecule has 436 valence electrons. The number of imidazole rings is 4. The molecule has 12 rings (SSSR count). The normalized spacial score (nSPS) is 11.8. The third-order valence-electron chi connectivity index (χ3n) is 15.4. The van der Waals surface area contributed by atoms with Gasteiger partial charge in [-0.1, -0.05) is 86.6 Å². The Morgan fingerprint density at radius 2 is 0.575 bits per heavy atom. The summed E-state index contributed by atoms with van der Waals surface area (Å²) in [5.74, 6) is 2.18. The van der Waals surface area contributed by atoms with E-state index >= 15 is 0 Å². The molecule has 8 N–H and O–H groups in total. The van der Waals surface area contributed by atoms with Crippen LogP contribution in [0.2, 0.25) is 0 Å². The molecule has 18 heteroatoms. The standard InChI is InChI=1S/C69H66N14O4/c1-69(2,39-72-67(86)47-19-11-43(12-20-47)63-76-55-29-25-51(37-59(55)80-63)49-23-27-53-57(35-49)78-61(74-53)41-7-15-45(16-8-41)65(84)70-31-33-82(3)4)40-73-68(87)48-21-13-44(14-22-48)64-77-56-30-26-52(38-60(56)81-64)50-24-28-54-58(36-50)79-62(75-54)42-9-17-46(18-10-42)66(85)71-32-34-83(5)6/h7-30,35-38H,31-34,39-40H2,1-6H3,(H,70,84)(H,71,85)(H,72,86)(H,73,87)(H,74,78)(H,75,79)(H,76,80)(H,77,81). The van der Waals surface area contributed by atoms with Crippen molar-refractivity contribution in [1.29, 1.82) is 0 Å². The zero-order valence-electron chi connectivity index (χ0n) is 49.2. The molecule has 0 fully saturated rings. The molecular formula is C69H66N14O4. The number of aromatic amines is 4. The molecule has 4 heterocycles. The van der Waals surface area contributed by atoms with Crippen molar-refractivity contribution in [3.8, 4) is 67.8 Å². The van der Waals surface area contributed by atoms with E-state index in [4.69, 9.17) is 19.9 Å². The maximum atomic E-state index is 13.4. The Morgan fingerprint density at radius 1 is 0.345 bits per heavy atom. The number of nitrogens with zero attached hydrogens (tertiary/aromatic N) is 6.